The number of rotatable bonds is 5. The van der Waals surface area contributed by atoms with Crippen molar-refractivity contribution in [3.8, 4) is 11.5 Å². The fourth-order valence-electron chi connectivity index (χ4n) is 2.84. The smallest absolute Gasteiger partial charge is 0.409 e. The molecule has 1 saturated heterocycles. The Bertz CT molecular complexity index is 611. The molecule has 1 aromatic rings. The van der Waals surface area contributed by atoms with E-state index < -0.39 is 0 Å². The highest BCUT2D eigenvalue weighted by molar-refractivity contribution is 5.96. The number of fused-ring (bicyclic) bond motifs is 1. The van der Waals surface area contributed by atoms with Gasteiger partial charge in [-0.05, 0) is 25.1 Å². The molecule has 7 nitrogen and oxygen atoms in total. The molecule has 24 heavy (non-hydrogen) atoms. The first-order valence-electron chi connectivity index (χ1n) is 8.24. The molecule has 0 atom stereocenters. The number of ether oxygens (including phenoxy) is 3. The van der Waals surface area contributed by atoms with Gasteiger partial charge in [0.1, 0.15) is 0 Å². The minimum Gasteiger partial charge on any atom is -0.454 e. The van der Waals surface area contributed by atoms with Crippen LogP contribution < -0.4 is 9.47 Å². The quantitative estimate of drug-likeness (QED) is 0.765. The van der Waals surface area contributed by atoms with E-state index >= 15 is 0 Å². The molecule has 0 N–H and O–H groups in total. The van der Waals surface area contributed by atoms with Crippen molar-refractivity contribution >= 4 is 11.9 Å². The molecule has 0 radical (unpaired) electrons. The number of nitrogens with zero attached hydrogens (tertiary/aromatic N) is 2. The van der Waals surface area contributed by atoms with Gasteiger partial charge in [0.25, 0.3) is 0 Å². The maximum atomic E-state index is 12.3. The molecule has 0 aliphatic carbocycles. The molecule has 7 heteroatoms. The van der Waals surface area contributed by atoms with Crippen molar-refractivity contribution in [3.63, 3.8) is 0 Å². The molecule has 1 amide bonds. The SMILES string of the molecule is CCOC(=O)N1CCN(CCC(=O)c2ccc3c(c2)OCO3)CC1. The lowest BCUT2D eigenvalue weighted by Gasteiger charge is -2.33. The Labute approximate surface area is 141 Å². The third kappa shape index (κ3) is 3.79. The summed E-state index contributed by atoms with van der Waals surface area (Å²) in [5.41, 5.74) is 0.643. The first-order valence-corrected chi connectivity index (χ1v) is 8.24. The van der Waals surface area contributed by atoms with Gasteiger partial charge >= 0.3 is 6.09 Å². The molecule has 3 rings (SSSR count). The maximum Gasteiger partial charge on any atom is 0.409 e. The molecule has 2 heterocycles. The lowest BCUT2D eigenvalue weighted by Crippen LogP contribution is -2.49. The highest BCUT2D eigenvalue weighted by Gasteiger charge is 2.22. The van der Waals surface area contributed by atoms with Gasteiger partial charge in [0.2, 0.25) is 6.79 Å². The average molecular weight is 334 g/mol. The Kier molecular flexibility index (Phi) is 5.20. The molecule has 0 saturated carbocycles. The first-order chi connectivity index (χ1) is 11.7. The highest BCUT2D eigenvalue weighted by atomic mass is 16.7. The van der Waals surface area contributed by atoms with Crippen LogP contribution in [0.3, 0.4) is 0 Å². The molecule has 2 aliphatic heterocycles. The second kappa shape index (κ2) is 7.53. The zero-order valence-electron chi connectivity index (χ0n) is 13.8. The number of piperazine rings is 1. The summed E-state index contributed by atoms with van der Waals surface area (Å²) in [6.07, 6.45) is 0.188. The molecule has 1 aromatic carbocycles. The minimum atomic E-state index is -0.256. The summed E-state index contributed by atoms with van der Waals surface area (Å²) in [6, 6.07) is 5.28. The van der Waals surface area contributed by atoms with Gasteiger partial charge in [0, 0.05) is 44.7 Å². The van der Waals surface area contributed by atoms with Gasteiger partial charge in [-0.3, -0.25) is 9.69 Å². The lowest BCUT2D eigenvalue weighted by molar-refractivity contribution is 0.0764. The third-order valence-corrected chi connectivity index (χ3v) is 4.25. The van der Waals surface area contributed by atoms with E-state index in [0.29, 0.717) is 49.7 Å². The molecule has 0 bridgehead atoms. The van der Waals surface area contributed by atoms with E-state index in [1.165, 1.54) is 0 Å². The van der Waals surface area contributed by atoms with E-state index in [9.17, 15) is 9.59 Å². The number of Topliss-reactive ketones (excluding diaryl/α,β-unsaturated/α-hetero) is 1. The number of ketones is 1. The van der Waals surface area contributed by atoms with Crippen molar-refractivity contribution < 1.29 is 23.8 Å². The second-order valence-corrected chi connectivity index (χ2v) is 5.77. The predicted molar refractivity (Wildman–Crippen MR) is 86.5 cm³/mol. The van der Waals surface area contributed by atoms with Crippen LogP contribution in [0.2, 0.25) is 0 Å². The third-order valence-electron chi connectivity index (χ3n) is 4.25. The van der Waals surface area contributed by atoms with Gasteiger partial charge in [0.05, 0.1) is 6.61 Å². The predicted octanol–water partition coefficient (Wildman–Crippen LogP) is 1.76. The van der Waals surface area contributed by atoms with Crippen LogP contribution in [-0.4, -0.2) is 67.8 Å². The molecule has 0 aromatic heterocycles. The molecule has 0 spiro atoms. The normalized spacial score (nSPS) is 17.0. The van der Waals surface area contributed by atoms with Crippen molar-refractivity contribution in [1.82, 2.24) is 9.80 Å². The van der Waals surface area contributed by atoms with Crippen LogP contribution in [0.15, 0.2) is 18.2 Å². The summed E-state index contributed by atoms with van der Waals surface area (Å²) in [6.45, 7) is 5.87. The summed E-state index contributed by atoms with van der Waals surface area (Å²) in [7, 11) is 0. The summed E-state index contributed by atoms with van der Waals surface area (Å²) in [5, 5.41) is 0. The van der Waals surface area contributed by atoms with E-state index in [1.807, 2.05) is 0 Å². The van der Waals surface area contributed by atoms with E-state index in [0.717, 1.165) is 13.1 Å². The van der Waals surface area contributed by atoms with Crippen molar-refractivity contribution in [3.05, 3.63) is 23.8 Å². The number of carbonyl (C=O) groups is 2. The average Bonchev–Trinajstić information content (AvgIpc) is 3.08. The summed E-state index contributed by atoms with van der Waals surface area (Å²) >= 11 is 0. The first kappa shape index (κ1) is 16.6. The number of benzene rings is 1. The van der Waals surface area contributed by atoms with Gasteiger partial charge in [-0.15, -0.1) is 0 Å². The molecule has 1 fully saturated rings. The summed E-state index contributed by atoms with van der Waals surface area (Å²) < 4.78 is 15.6. The van der Waals surface area contributed by atoms with Crippen LogP contribution in [0, 0.1) is 0 Å². The van der Waals surface area contributed by atoms with Crippen molar-refractivity contribution in [1.29, 1.82) is 0 Å². The van der Waals surface area contributed by atoms with Crippen LogP contribution in [0.25, 0.3) is 0 Å². The Balaban J connectivity index is 1.45. The van der Waals surface area contributed by atoms with Gasteiger partial charge in [-0.25, -0.2) is 4.79 Å². The van der Waals surface area contributed by atoms with E-state index in [-0.39, 0.29) is 18.7 Å². The number of carbonyl (C=O) groups excluding carboxylic acids is 2. The van der Waals surface area contributed by atoms with Gasteiger partial charge in [-0.2, -0.15) is 0 Å². The standard InChI is InChI=1S/C17H22N2O5/c1-2-22-17(21)19-9-7-18(8-10-19)6-5-14(20)13-3-4-15-16(11-13)24-12-23-15/h3-4,11H,2,5-10,12H2,1H3. The van der Waals surface area contributed by atoms with Crippen LogP contribution in [0.1, 0.15) is 23.7 Å². The van der Waals surface area contributed by atoms with Crippen LogP contribution in [0.5, 0.6) is 11.5 Å². The fourth-order valence-corrected chi connectivity index (χ4v) is 2.84. The molecule has 2 aliphatic rings. The highest BCUT2D eigenvalue weighted by Crippen LogP contribution is 2.32. The minimum absolute atomic E-state index is 0.0844. The fraction of sp³-hybridized carbons (Fsp3) is 0.529. The number of hydrogen-bond donors (Lipinski definition) is 0. The summed E-state index contributed by atoms with van der Waals surface area (Å²) in [5.74, 6) is 1.40. The topological polar surface area (TPSA) is 68.3 Å². The van der Waals surface area contributed by atoms with E-state index in [4.69, 9.17) is 14.2 Å². The second-order valence-electron chi connectivity index (χ2n) is 5.77. The van der Waals surface area contributed by atoms with Crippen LogP contribution in [-0.2, 0) is 4.74 Å². The van der Waals surface area contributed by atoms with Gasteiger partial charge in [0.15, 0.2) is 17.3 Å². The van der Waals surface area contributed by atoms with Gasteiger partial charge < -0.3 is 19.1 Å². The lowest BCUT2D eigenvalue weighted by atomic mass is 10.1. The van der Waals surface area contributed by atoms with Crippen LogP contribution in [0.4, 0.5) is 4.79 Å². The Morgan fingerprint density at radius 2 is 1.88 bits per heavy atom. The Morgan fingerprint density at radius 1 is 1.12 bits per heavy atom. The number of amides is 1. The Morgan fingerprint density at radius 3 is 2.62 bits per heavy atom. The van der Waals surface area contributed by atoms with Gasteiger partial charge in [-0.1, -0.05) is 0 Å². The largest absolute Gasteiger partial charge is 0.454 e. The van der Waals surface area contributed by atoms with Crippen LogP contribution >= 0.6 is 0 Å². The summed E-state index contributed by atoms with van der Waals surface area (Å²) in [4.78, 5) is 27.9. The van der Waals surface area contributed by atoms with E-state index in [2.05, 4.69) is 4.90 Å². The molecule has 0 unspecified atom stereocenters. The Hall–Kier alpha value is -2.28. The zero-order valence-corrected chi connectivity index (χ0v) is 13.8. The molecule has 130 valence electrons. The number of hydrogen-bond acceptors (Lipinski definition) is 6. The zero-order chi connectivity index (χ0) is 16.9. The van der Waals surface area contributed by atoms with Crippen molar-refractivity contribution in [2.75, 3.05) is 46.1 Å². The van der Waals surface area contributed by atoms with E-state index in [1.54, 1.807) is 30.0 Å². The van der Waals surface area contributed by atoms with Crippen molar-refractivity contribution in [2.24, 2.45) is 0 Å². The monoisotopic (exact) mass is 334 g/mol. The molecular formula is C17H22N2O5. The maximum absolute atomic E-state index is 12.3. The molecular weight excluding hydrogens is 312 g/mol. The van der Waals surface area contributed by atoms with Crippen molar-refractivity contribution in [2.45, 2.75) is 13.3 Å².